The van der Waals surface area contributed by atoms with Crippen LogP contribution < -0.4 is 5.56 Å². The Balaban J connectivity index is 1.45. The van der Waals surface area contributed by atoms with E-state index in [9.17, 15) is 9.18 Å². The van der Waals surface area contributed by atoms with Crippen molar-refractivity contribution in [3.63, 3.8) is 0 Å². The monoisotopic (exact) mass is 483 g/mol. The number of aromatic amines is 1. The summed E-state index contributed by atoms with van der Waals surface area (Å²) < 4.78 is 15.0. The number of H-pyrrole nitrogens is 1. The maximum absolute atomic E-state index is 13.3. The van der Waals surface area contributed by atoms with Gasteiger partial charge in [-0.3, -0.25) is 14.7 Å². The van der Waals surface area contributed by atoms with E-state index < -0.39 is 0 Å². The van der Waals surface area contributed by atoms with Gasteiger partial charge >= 0.3 is 0 Å². The molecule has 2 aromatic carbocycles. The van der Waals surface area contributed by atoms with Crippen LogP contribution in [-0.2, 0) is 26.2 Å². The van der Waals surface area contributed by atoms with Crippen molar-refractivity contribution in [3.8, 4) is 0 Å². The topological polar surface area (TPSA) is 92.6 Å². The number of aromatic nitrogens is 6. The van der Waals surface area contributed by atoms with Crippen LogP contribution in [0.5, 0.6) is 0 Å². The van der Waals surface area contributed by atoms with Gasteiger partial charge in [-0.2, -0.15) is 0 Å². The van der Waals surface area contributed by atoms with Gasteiger partial charge in [0.1, 0.15) is 5.82 Å². The highest BCUT2D eigenvalue weighted by molar-refractivity contribution is 5.82. The Morgan fingerprint density at radius 3 is 2.61 bits per heavy atom. The van der Waals surface area contributed by atoms with Crippen molar-refractivity contribution < 1.29 is 4.39 Å². The van der Waals surface area contributed by atoms with Gasteiger partial charge < -0.3 is 4.98 Å². The second kappa shape index (κ2) is 10.2. The Hall–Kier alpha value is -4.24. The van der Waals surface area contributed by atoms with Crippen molar-refractivity contribution in [1.29, 1.82) is 0 Å². The van der Waals surface area contributed by atoms with E-state index >= 15 is 0 Å². The van der Waals surface area contributed by atoms with Crippen molar-refractivity contribution >= 4 is 10.9 Å². The fraction of sp³-hybridized carbons (Fsp3) is 0.222. The number of tetrazole rings is 1. The summed E-state index contributed by atoms with van der Waals surface area (Å²) >= 11 is 0. The molecule has 5 rings (SSSR count). The molecule has 5 aromatic rings. The summed E-state index contributed by atoms with van der Waals surface area (Å²) in [5, 5.41) is 13.2. The number of pyridine rings is 2. The fourth-order valence-corrected chi connectivity index (χ4v) is 4.43. The van der Waals surface area contributed by atoms with E-state index in [2.05, 4.69) is 42.5 Å². The van der Waals surface area contributed by atoms with Gasteiger partial charge in [0.2, 0.25) is 0 Å². The SMILES string of the molecule is Cc1cc(C)c2[nH]c(=O)c(CN(Cc3cccnc3)Cc3nnnn3Cc3ccc(F)cc3)cc2c1. The Kier molecular flexibility index (Phi) is 6.64. The minimum Gasteiger partial charge on any atom is -0.321 e. The van der Waals surface area contributed by atoms with Crippen LogP contribution >= 0.6 is 0 Å². The average molecular weight is 484 g/mol. The summed E-state index contributed by atoms with van der Waals surface area (Å²) in [6.45, 7) is 5.83. The number of nitrogens with zero attached hydrogens (tertiary/aromatic N) is 6. The standard InChI is InChI=1S/C27H26FN7O/c1-18-10-19(2)26-22(11-18)12-23(27(36)30-26)16-34(14-21-4-3-9-29-13-21)17-25-31-32-33-35(25)15-20-5-7-24(28)8-6-20/h3-13H,14-17H2,1-2H3,(H,30,36). The first-order valence-electron chi connectivity index (χ1n) is 11.7. The summed E-state index contributed by atoms with van der Waals surface area (Å²) in [5.74, 6) is 0.358. The molecule has 0 amide bonds. The molecule has 8 nitrogen and oxygen atoms in total. The number of nitrogens with one attached hydrogen (secondary N) is 1. The van der Waals surface area contributed by atoms with Crippen LogP contribution in [0.25, 0.3) is 10.9 Å². The predicted molar refractivity (Wildman–Crippen MR) is 135 cm³/mol. The summed E-state index contributed by atoms with van der Waals surface area (Å²) in [6, 6.07) is 16.3. The molecule has 0 atom stereocenters. The zero-order chi connectivity index (χ0) is 25.1. The highest BCUT2D eigenvalue weighted by atomic mass is 19.1. The van der Waals surface area contributed by atoms with E-state index in [4.69, 9.17) is 0 Å². The molecule has 0 fully saturated rings. The molecule has 0 aliphatic rings. The van der Waals surface area contributed by atoms with Gasteiger partial charge in [0.15, 0.2) is 5.82 Å². The first-order chi connectivity index (χ1) is 17.4. The summed E-state index contributed by atoms with van der Waals surface area (Å²) in [5.41, 5.74) is 5.49. The molecule has 0 radical (unpaired) electrons. The van der Waals surface area contributed by atoms with Crippen LogP contribution in [0, 0.1) is 19.7 Å². The van der Waals surface area contributed by atoms with E-state index in [1.165, 1.54) is 12.1 Å². The number of hydrogen-bond donors (Lipinski definition) is 1. The Morgan fingerprint density at radius 1 is 1.00 bits per heavy atom. The maximum atomic E-state index is 13.3. The number of rotatable bonds is 8. The average Bonchev–Trinajstić information content (AvgIpc) is 3.28. The number of hydrogen-bond acceptors (Lipinski definition) is 6. The molecular weight excluding hydrogens is 457 g/mol. The highest BCUT2D eigenvalue weighted by Gasteiger charge is 2.16. The third-order valence-corrected chi connectivity index (χ3v) is 6.11. The van der Waals surface area contributed by atoms with Gasteiger partial charge in [-0.1, -0.05) is 29.8 Å². The second-order valence-electron chi connectivity index (χ2n) is 9.06. The molecule has 36 heavy (non-hydrogen) atoms. The van der Waals surface area contributed by atoms with E-state index in [1.54, 1.807) is 23.0 Å². The van der Waals surface area contributed by atoms with Gasteiger partial charge in [0.25, 0.3) is 5.56 Å². The maximum Gasteiger partial charge on any atom is 0.252 e. The lowest BCUT2D eigenvalue weighted by Crippen LogP contribution is -2.28. The van der Waals surface area contributed by atoms with Crippen molar-refractivity contribution in [3.05, 3.63) is 117 Å². The minimum atomic E-state index is -0.288. The minimum absolute atomic E-state index is 0.114. The van der Waals surface area contributed by atoms with Gasteiger partial charge in [-0.25, -0.2) is 9.07 Å². The van der Waals surface area contributed by atoms with Crippen LogP contribution in [0.4, 0.5) is 4.39 Å². The van der Waals surface area contributed by atoms with Crippen molar-refractivity contribution in [1.82, 2.24) is 35.1 Å². The number of aryl methyl sites for hydroxylation is 2. The molecule has 0 bridgehead atoms. The summed E-state index contributed by atoms with van der Waals surface area (Å²) in [4.78, 5) is 22.4. The van der Waals surface area contributed by atoms with Gasteiger partial charge in [0, 0.05) is 31.0 Å². The molecule has 3 heterocycles. The zero-order valence-corrected chi connectivity index (χ0v) is 20.1. The van der Waals surface area contributed by atoms with Crippen LogP contribution in [0.1, 0.15) is 33.6 Å². The molecule has 182 valence electrons. The largest absolute Gasteiger partial charge is 0.321 e. The molecule has 0 saturated carbocycles. The smallest absolute Gasteiger partial charge is 0.252 e. The van der Waals surface area contributed by atoms with Crippen molar-refractivity contribution in [2.45, 2.75) is 40.0 Å². The van der Waals surface area contributed by atoms with Gasteiger partial charge in [-0.15, -0.1) is 5.10 Å². The molecule has 0 unspecified atom stereocenters. The lowest BCUT2D eigenvalue weighted by atomic mass is 10.0. The second-order valence-corrected chi connectivity index (χ2v) is 9.06. The van der Waals surface area contributed by atoms with E-state index in [-0.39, 0.29) is 11.4 Å². The third kappa shape index (κ3) is 5.36. The van der Waals surface area contributed by atoms with Crippen molar-refractivity contribution in [2.75, 3.05) is 0 Å². The lowest BCUT2D eigenvalue weighted by Gasteiger charge is -2.22. The number of benzene rings is 2. The van der Waals surface area contributed by atoms with Crippen LogP contribution in [-0.4, -0.2) is 35.1 Å². The third-order valence-electron chi connectivity index (χ3n) is 6.11. The Morgan fingerprint density at radius 2 is 1.83 bits per heavy atom. The zero-order valence-electron chi connectivity index (χ0n) is 20.1. The number of fused-ring (bicyclic) bond motifs is 1. The summed E-state index contributed by atoms with van der Waals surface area (Å²) in [7, 11) is 0. The fourth-order valence-electron chi connectivity index (χ4n) is 4.43. The molecule has 3 aromatic heterocycles. The molecule has 0 aliphatic heterocycles. The Labute approximate surface area is 207 Å². The first kappa shape index (κ1) is 23.5. The molecule has 9 heteroatoms. The summed E-state index contributed by atoms with van der Waals surface area (Å²) in [6.07, 6.45) is 3.54. The van der Waals surface area contributed by atoms with E-state index in [0.29, 0.717) is 37.6 Å². The first-order valence-corrected chi connectivity index (χ1v) is 11.7. The molecular formula is C27H26FN7O. The normalized spacial score (nSPS) is 11.4. The quantitative estimate of drug-likeness (QED) is 0.360. The van der Waals surface area contributed by atoms with Crippen LogP contribution in [0.2, 0.25) is 0 Å². The Bertz CT molecular complexity index is 1540. The van der Waals surface area contributed by atoms with Crippen LogP contribution in [0.3, 0.4) is 0 Å². The lowest BCUT2D eigenvalue weighted by molar-refractivity contribution is 0.235. The molecule has 0 aliphatic carbocycles. The number of halogens is 1. The van der Waals surface area contributed by atoms with Gasteiger partial charge in [0.05, 0.1) is 18.6 Å². The van der Waals surface area contributed by atoms with Crippen LogP contribution in [0.15, 0.2) is 71.8 Å². The highest BCUT2D eigenvalue weighted by Crippen LogP contribution is 2.19. The van der Waals surface area contributed by atoms with E-state index in [0.717, 1.165) is 33.2 Å². The van der Waals surface area contributed by atoms with Crippen molar-refractivity contribution in [2.24, 2.45) is 0 Å². The molecule has 0 spiro atoms. The molecule has 1 N–H and O–H groups in total. The van der Waals surface area contributed by atoms with E-state index in [1.807, 2.05) is 38.2 Å². The van der Waals surface area contributed by atoms with Gasteiger partial charge in [-0.05, 0) is 76.7 Å². The molecule has 0 saturated heterocycles. The predicted octanol–water partition coefficient (Wildman–Crippen LogP) is 3.92.